The smallest absolute Gasteiger partial charge is 0.206 e. The van der Waals surface area contributed by atoms with E-state index in [1.54, 1.807) is 24.3 Å². The van der Waals surface area contributed by atoms with Crippen molar-refractivity contribution in [2.75, 3.05) is 0 Å². The van der Waals surface area contributed by atoms with Gasteiger partial charge in [-0.3, -0.25) is 0 Å². The van der Waals surface area contributed by atoms with Gasteiger partial charge in [0.25, 0.3) is 0 Å². The van der Waals surface area contributed by atoms with E-state index >= 15 is 0 Å². The summed E-state index contributed by atoms with van der Waals surface area (Å²) in [6.07, 6.45) is -1.68. The normalized spacial score (nSPS) is 13.1. The number of hydrogen-bond donors (Lipinski definition) is 0. The molecule has 0 saturated carbocycles. The quantitative estimate of drug-likeness (QED) is 0.141. The molecule has 0 aromatic heterocycles. The Morgan fingerprint density at radius 2 is 0.776 bits per heavy atom. The van der Waals surface area contributed by atoms with Gasteiger partial charge in [0.1, 0.15) is 11.6 Å². The van der Waals surface area contributed by atoms with Crippen LogP contribution in [-0.2, 0) is 12.4 Å². The maximum Gasteiger partial charge on any atom is 0.419 e. The average Bonchev–Trinajstić information content (AvgIpc) is 3.23. The fourth-order valence-corrected chi connectivity index (χ4v) is 7.57. The molecule has 0 saturated heterocycles. The van der Waals surface area contributed by atoms with Crippen LogP contribution in [0.2, 0.25) is 0 Å². The first-order chi connectivity index (χ1) is 27.9. The summed E-state index contributed by atoms with van der Waals surface area (Å²) in [6.45, 7) is 0. The van der Waals surface area contributed by atoms with Gasteiger partial charge in [0.05, 0.1) is 11.1 Å². The number of allylic oxidation sites excluding steroid dienone is 4. The number of alkyl halides is 6. The van der Waals surface area contributed by atoms with Crippen LogP contribution >= 0.6 is 0 Å². The average molecular weight is 785 g/mol. The van der Waals surface area contributed by atoms with Gasteiger partial charge in [-0.25, -0.2) is 8.78 Å². The minimum Gasteiger partial charge on any atom is -0.206 e. The summed E-state index contributed by atoms with van der Waals surface area (Å²) in [7, 11) is 0. The van der Waals surface area contributed by atoms with Crippen molar-refractivity contribution in [3.05, 3.63) is 198 Å². The Balaban J connectivity index is 1.37. The highest BCUT2D eigenvalue weighted by molar-refractivity contribution is 6.06. The molecule has 8 heteroatoms. The molecule has 7 aromatic carbocycles. The Morgan fingerprint density at radius 3 is 1.24 bits per heavy atom. The number of hydrogen-bond acceptors (Lipinski definition) is 0. The summed E-state index contributed by atoms with van der Waals surface area (Å²) in [4.78, 5) is 0. The molecule has 0 atom stereocenters. The van der Waals surface area contributed by atoms with Crippen molar-refractivity contribution in [3.8, 4) is 66.8 Å². The maximum atomic E-state index is 14.2. The maximum absolute atomic E-state index is 14.2. The predicted molar refractivity (Wildman–Crippen MR) is 215 cm³/mol. The zero-order valence-corrected chi connectivity index (χ0v) is 30.6. The molecule has 0 nitrogen and oxygen atoms in total. The standard InChI is InChI=1S/C50H32F8/c51-44-26-24-38(28-42(44)49(53,54)55)31-16-20-34(21-17-31)41-30-40(33-10-4-1-5-11-33)47(48(36-14-8-3-9-15-36)46(41)35-12-6-2-7-13-35)37-22-18-32(19-23-37)39-25-27-45(52)43(29-39)50(56,57)58/h2-4,6-30H,1,5H2. The Kier molecular flexibility index (Phi) is 10.2. The van der Waals surface area contributed by atoms with E-state index in [1.165, 1.54) is 12.1 Å². The molecule has 288 valence electrons. The van der Waals surface area contributed by atoms with Crippen LogP contribution in [0.3, 0.4) is 0 Å². The van der Waals surface area contributed by atoms with Crippen molar-refractivity contribution in [1.29, 1.82) is 0 Å². The third-order valence-corrected chi connectivity index (χ3v) is 10.3. The molecule has 0 bridgehead atoms. The molecule has 7 aromatic rings. The number of halogens is 8. The second-order valence-electron chi connectivity index (χ2n) is 14.0. The molecule has 0 fully saturated rings. The van der Waals surface area contributed by atoms with E-state index < -0.39 is 35.1 Å². The lowest BCUT2D eigenvalue weighted by atomic mass is 9.78. The lowest BCUT2D eigenvalue weighted by Gasteiger charge is -2.25. The summed E-state index contributed by atoms with van der Waals surface area (Å²) in [5.74, 6) is -2.68. The summed E-state index contributed by atoms with van der Waals surface area (Å²) in [5.41, 5.74) is 7.53. The zero-order valence-electron chi connectivity index (χ0n) is 30.6. The minimum absolute atomic E-state index is 0.223. The molecule has 0 N–H and O–H groups in total. The highest BCUT2D eigenvalue weighted by Gasteiger charge is 2.35. The molecule has 58 heavy (non-hydrogen) atoms. The number of benzene rings is 7. The van der Waals surface area contributed by atoms with Crippen LogP contribution in [0.25, 0.3) is 72.3 Å². The molecule has 1 aliphatic carbocycles. The SMILES string of the molecule is Fc1ccc(-c2ccc(-c3cc(C4=CCCC=C4)c(-c4ccc(-c5ccc(F)c(C(F)(F)F)c5)cc4)c(-c4ccccc4)c3-c3ccccc3)cc2)cc1C(F)(F)F. The van der Waals surface area contributed by atoms with Gasteiger partial charge in [-0.1, -0.05) is 140 Å². The second-order valence-corrected chi connectivity index (χ2v) is 14.0. The zero-order chi connectivity index (χ0) is 40.6. The molecule has 0 heterocycles. The van der Waals surface area contributed by atoms with E-state index in [2.05, 4.69) is 24.3 Å². The first-order valence-corrected chi connectivity index (χ1v) is 18.5. The third kappa shape index (κ3) is 7.62. The lowest BCUT2D eigenvalue weighted by molar-refractivity contribution is -0.140. The first-order valence-electron chi connectivity index (χ1n) is 18.5. The van der Waals surface area contributed by atoms with Crippen molar-refractivity contribution in [1.82, 2.24) is 0 Å². The Labute approximate surface area is 330 Å². The molecule has 0 spiro atoms. The molecule has 0 aliphatic heterocycles. The van der Waals surface area contributed by atoms with Gasteiger partial charge in [-0.15, -0.1) is 0 Å². The summed E-state index contributed by atoms with van der Waals surface area (Å²) in [6, 6.07) is 42.1. The minimum atomic E-state index is -4.85. The fraction of sp³-hybridized carbons (Fsp3) is 0.0800. The molecule has 8 rings (SSSR count). The van der Waals surface area contributed by atoms with Crippen LogP contribution in [0.1, 0.15) is 29.5 Å². The molecular weight excluding hydrogens is 753 g/mol. The van der Waals surface area contributed by atoms with Gasteiger partial charge in [0.2, 0.25) is 0 Å². The second kappa shape index (κ2) is 15.4. The van der Waals surface area contributed by atoms with E-state index in [0.717, 1.165) is 92.8 Å². The largest absolute Gasteiger partial charge is 0.419 e. The monoisotopic (exact) mass is 784 g/mol. The van der Waals surface area contributed by atoms with E-state index in [0.29, 0.717) is 11.1 Å². The predicted octanol–water partition coefficient (Wildman–Crippen LogP) is 15.7. The lowest BCUT2D eigenvalue weighted by Crippen LogP contribution is -2.08. The van der Waals surface area contributed by atoms with Crippen LogP contribution in [0, 0.1) is 11.6 Å². The van der Waals surface area contributed by atoms with Crippen molar-refractivity contribution in [2.24, 2.45) is 0 Å². The summed E-state index contributed by atoms with van der Waals surface area (Å²) < 4.78 is 110. The molecule has 0 amide bonds. The van der Waals surface area contributed by atoms with Crippen LogP contribution in [0.15, 0.2) is 170 Å². The highest BCUT2D eigenvalue weighted by atomic mass is 19.4. The summed E-state index contributed by atoms with van der Waals surface area (Å²) in [5, 5.41) is 0. The Hall–Kier alpha value is -6.54. The van der Waals surface area contributed by atoms with Gasteiger partial charge in [-0.05, 0) is 121 Å². The molecule has 1 aliphatic rings. The Morgan fingerprint density at radius 1 is 0.362 bits per heavy atom. The first kappa shape index (κ1) is 38.3. The highest BCUT2D eigenvalue weighted by Crippen LogP contribution is 2.50. The van der Waals surface area contributed by atoms with E-state index in [9.17, 15) is 35.1 Å². The van der Waals surface area contributed by atoms with Gasteiger partial charge in [0, 0.05) is 0 Å². The van der Waals surface area contributed by atoms with Crippen molar-refractivity contribution < 1.29 is 35.1 Å². The van der Waals surface area contributed by atoms with Crippen molar-refractivity contribution in [3.63, 3.8) is 0 Å². The van der Waals surface area contributed by atoms with Crippen LogP contribution in [0.5, 0.6) is 0 Å². The van der Waals surface area contributed by atoms with Crippen molar-refractivity contribution >= 4 is 5.57 Å². The van der Waals surface area contributed by atoms with Gasteiger partial charge in [0.15, 0.2) is 0 Å². The number of rotatable bonds is 7. The molecule has 0 unspecified atom stereocenters. The van der Waals surface area contributed by atoms with Crippen molar-refractivity contribution in [2.45, 2.75) is 25.2 Å². The molecule has 0 radical (unpaired) electrons. The van der Waals surface area contributed by atoms with Gasteiger partial charge in [-0.2, -0.15) is 26.3 Å². The fourth-order valence-electron chi connectivity index (χ4n) is 7.57. The Bertz CT molecular complexity index is 2670. The van der Waals surface area contributed by atoms with Crippen LogP contribution < -0.4 is 0 Å². The van der Waals surface area contributed by atoms with E-state index in [4.69, 9.17) is 0 Å². The van der Waals surface area contributed by atoms with Crippen LogP contribution in [0.4, 0.5) is 35.1 Å². The summed E-state index contributed by atoms with van der Waals surface area (Å²) >= 11 is 0. The molecular formula is C50H32F8. The van der Waals surface area contributed by atoms with Gasteiger partial charge < -0.3 is 0 Å². The van der Waals surface area contributed by atoms with E-state index in [-0.39, 0.29) is 11.1 Å². The topological polar surface area (TPSA) is 0 Å². The van der Waals surface area contributed by atoms with E-state index in [1.807, 2.05) is 84.9 Å². The van der Waals surface area contributed by atoms with Crippen LogP contribution in [-0.4, -0.2) is 0 Å². The van der Waals surface area contributed by atoms with Gasteiger partial charge >= 0.3 is 12.4 Å². The third-order valence-electron chi connectivity index (χ3n) is 10.3.